The first-order chi connectivity index (χ1) is 14.2. The highest BCUT2D eigenvalue weighted by Gasteiger charge is 2.22. The second-order valence-electron chi connectivity index (χ2n) is 7.94. The van der Waals surface area contributed by atoms with Crippen LogP contribution in [0.1, 0.15) is 29.5 Å². The van der Waals surface area contributed by atoms with Crippen molar-refractivity contribution in [2.24, 2.45) is 0 Å². The summed E-state index contributed by atoms with van der Waals surface area (Å²) >= 11 is 7.28. The molecule has 2 aromatic rings. The minimum Gasteiger partial charge on any atom is -0.377 e. The van der Waals surface area contributed by atoms with E-state index in [1.54, 1.807) is 26.2 Å². The van der Waals surface area contributed by atoms with Crippen molar-refractivity contribution in [1.82, 2.24) is 9.21 Å². The van der Waals surface area contributed by atoms with Crippen LogP contribution in [0.25, 0.3) is 0 Å². The Labute approximate surface area is 196 Å². The number of nitrogens with zero attached hydrogens (tertiary/aromatic N) is 2. The highest BCUT2D eigenvalue weighted by molar-refractivity contribution is 9.10. The normalized spacial score (nSPS) is 17.2. The summed E-state index contributed by atoms with van der Waals surface area (Å²) in [6.07, 6.45) is 2.42. The van der Waals surface area contributed by atoms with E-state index >= 15 is 0 Å². The van der Waals surface area contributed by atoms with Gasteiger partial charge in [0.05, 0.1) is 11.0 Å². The first-order valence-corrected chi connectivity index (χ1v) is 13.0. The molecule has 5 nitrogen and oxygen atoms in total. The van der Waals surface area contributed by atoms with Gasteiger partial charge in [0.1, 0.15) is 0 Å². The van der Waals surface area contributed by atoms with Crippen LogP contribution in [0.5, 0.6) is 0 Å². The molecule has 1 aliphatic rings. The van der Waals surface area contributed by atoms with E-state index in [0.717, 1.165) is 47.0 Å². The lowest BCUT2D eigenvalue weighted by molar-refractivity contribution is 0.0677. The van der Waals surface area contributed by atoms with Crippen LogP contribution in [0.2, 0.25) is 0 Å². The lowest BCUT2D eigenvalue weighted by atomic mass is 10.1. The van der Waals surface area contributed by atoms with Crippen LogP contribution in [0.15, 0.2) is 50.2 Å². The molecule has 0 amide bonds. The van der Waals surface area contributed by atoms with E-state index < -0.39 is 10.0 Å². The number of halogens is 2. The summed E-state index contributed by atoms with van der Waals surface area (Å²) in [5.41, 5.74) is 3.49. The third-order valence-corrected chi connectivity index (χ3v) is 8.57. The molecule has 164 valence electrons. The Bertz CT molecular complexity index is 990. The summed E-state index contributed by atoms with van der Waals surface area (Å²) in [6, 6.07) is 11.7. The molecule has 0 radical (unpaired) electrons. The molecule has 0 N–H and O–H groups in total. The molecule has 1 unspecified atom stereocenters. The summed E-state index contributed by atoms with van der Waals surface area (Å²) in [5.74, 6) is 0. The number of benzene rings is 2. The topological polar surface area (TPSA) is 49.9 Å². The summed E-state index contributed by atoms with van der Waals surface area (Å²) in [4.78, 5) is 2.65. The predicted molar refractivity (Wildman–Crippen MR) is 127 cm³/mol. The van der Waals surface area contributed by atoms with Gasteiger partial charge in [0.25, 0.3) is 0 Å². The van der Waals surface area contributed by atoms with Crippen molar-refractivity contribution in [3.05, 3.63) is 62.0 Å². The van der Waals surface area contributed by atoms with Crippen LogP contribution < -0.4 is 0 Å². The van der Waals surface area contributed by atoms with Gasteiger partial charge < -0.3 is 4.74 Å². The number of hydrogen-bond donors (Lipinski definition) is 0. The average Bonchev–Trinajstić information content (AvgIpc) is 3.18. The first kappa shape index (κ1) is 23.9. The van der Waals surface area contributed by atoms with Crippen molar-refractivity contribution in [3.8, 4) is 0 Å². The fourth-order valence-electron chi connectivity index (χ4n) is 3.55. The Balaban J connectivity index is 1.83. The quantitative estimate of drug-likeness (QED) is 0.459. The number of ether oxygens (including phenoxy) is 1. The molecule has 1 saturated heterocycles. The molecule has 1 fully saturated rings. The number of aryl methyl sites for hydroxylation is 1. The molecule has 8 heteroatoms. The van der Waals surface area contributed by atoms with E-state index in [9.17, 15) is 8.42 Å². The number of rotatable bonds is 8. The lowest BCUT2D eigenvalue weighted by Crippen LogP contribution is -2.31. The summed E-state index contributed by atoms with van der Waals surface area (Å²) in [5, 5.41) is 0. The first-order valence-electron chi connectivity index (χ1n) is 9.97. The Hall–Kier alpha value is -0.770. The van der Waals surface area contributed by atoms with Crippen molar-refractivity contribution in [2.75, 3.05) is 27.2 Å². The Morgan fingerprint density at radius 3 is 2.20 bits per heavy atom. The Morgan fingerprint density at radius 2 is 1.67 bits per heavy atom. The maximum atomic E-state index is 12.4. The Morgan fingerprint density at radius 1 is 1.03 bits per heavy atom. The minimum absolute atomic E-state index is 0.237. The van der Waals surface area contributed by atoms with Crippen molar-refractivity contribution in [2.45, 2.75) is 43.9 Å². The van der Waals surface area contributed by atoms with E-state index in [2.05, 4.69) is 61.9 Å². The van der Waals surface area contributed by atoms with Crippen LogP contribution >= 0.6 is 31.9 Å². The molecule has 0 saturated carbocycles. The molecule has 0 aromatic heterocycles. The maximum absolute atomic E-state index is 12.4. The van der Waals surface area contributed by atoms with Crippen molar-refractivity contribution in [3.63, 3.8) is 0 Å². The molecule has 3 rings (SSSR count). The molecular formula is C22H28Br2N2O3S. The summed E-state index contributed by atoms with van der Waals surface area (Å²) < 4.78 is 33.9. The second kappa shape index (κ2) is 10.2. The van der Waals surface area contributed by atoms with Gasteiger partial charge in [-0.15, -0.1) is 0 Å². The van der Waals surface area contributed by atoms with Gasteiger partial charge in [0, 0.05) is 49.3 Å². The third-order valence-electron chi connectivity index (χ3n) is 5.29. The van der Waals surface area contributed by atoms with E-state index in [4.69, 9.17) is 4.74 Å². The Kier molecular flexibility index (Phi) is 8.15. The fourth-order valence-corrected chi connectivity index (χ4v) is 5.75. The van der Waals surface area contributed by atoms with E-state index in [-0.39, 0.29) is 11.0 Å². The zero-order valence-electron chi connectivity index (χ0n) is 17.6. The van der Waals surface area contributed by atoms with Gasteiger partial charge in [0.15, 0.2) is 0 Å². The zero-order valence-corrected chi connectivity index (χ0v) is 21.6. The van der Waals surface area contributed by atoms with Gasteiger partial charge in [-0.05, 0) is 54.7 Å². The van der Waals surface area contributed by atoms with E-state index in [0.29, 0.717) is 6.54 Å². The SMILES string of the molecule is Cc1ccc(CN(Cc2ccc(S(=O)(=O)N(C)C)cc2Br)CC2CCCO2)c(Br)c1. The zero-order chi connectivity index (χ0) is 21.9. The summed E-state index contributed by atoms with van der Waals surface area (Å²) in [7, 11) is -0.375. The van der Waals surface area contributed by atoms with E-state index in [1.165, 1.54) is 15.4 Å². The molecule has 30 heavy (non-hydrogen) atoms. The van der Waals surface area contributed by atoms with Gasteiger partial charge in [-0.1, -0.05) is 50.1 Å². The average molecular weight is 560 g/mol. The van der Waals surface area contributed by atoms with Crippen LogP contribution in [0, 0.1) is 6.92 Å². The van der Waals surface area contributed by atoms with Crippen molar-refractivity contribution in [1.29, 1.82) is 0 Å². The number of sulfonamides is 1. The van der Waals surface area contributed by atoms with E-state index in [1.807, 2.05) is 6.07 Å². The van der Waals surface area contributed by atoms with Crippen LogP contribution in [0.4, 0.5) is 0 Å². The standard InChI is InChI=1S/C22H28Br2N2O3S/c1-16-6-7-17(21(23)11-16)13-26(15-19-5-4-10-29-19)14-18-8-9-20(12-22(18)24)30(27,28)25(2)3/h6-9,11-12,19H,4-5,10,13-15H2,1-3H3. The van der Waals surface area contributed by atoms with Gasteiger partial charge in [-0.25, -0.2) is 12.7 Å². The lowest BCUT2D eigenvalue weighted by Gasteiger charge is -2.26. The summed E-state index contributed by atoms with van der Waals surface area (Å²) in [6.45, 7) is 5.23. The van der Waals surface area contributed by atoms with Crippen LogP contribution in [-0.4, -0.2) is 51.0 Å². The molecular weight excluding hydrogens is 532 g/mol. The highest BCUT2D eigenvalue weighted by atomic mass is 79.9. The third kappa shape index (κ3) is 5.93. The smallest absolute Gasteiger partial charge is 0.242 e. The largest absolute Gasteiger partial charge is 0.377 e. The number of hydrogen-bond acceptors (Lipinski definition) is 4. The van der Waals surface area contributed by atoms with Crippen molar-refractivity contribution >= 4 is 41.9 Å². The van der Waals surface area contributed by atoms with Gasteiger partial charge >= 0.3 is 0 Å². The molecule has 2 aromatic carbocycles. The monoisotopic (exact) mass is 558 g/mol. The van der Waals surface area contributed by atoms with Gasteiger partial charge in [-0.2, -0.15) is 0 Å². The molecule has 0 bridgehead atoms. The molecule has 1 heterocycles. The maximum Gasteiger partial charge on any atom is 0.242 e. The second-order valence-corrected chi connectivity index (χ2v) is 11.8. The fraction of sp³-hybridized carbons (Fsp3) is 0.455. The highest BCUT2D eigenvalue weighted by Crippen LogP contribution is 2.27. The van der Waals surface area contributed by atoms with Crippen LogP contribution in [-0.2, 0) is 27.8 Å². The van der Waals surface area contributed by atoms with Crippen molar-refractivity contribution < 1.29 is 13.2 Å². The molecule has 0 spiro atoms. The molecule has 0 aliphatic carbocycles. The van der Waals surface area contributed by atoms with Gasteiger partial charge in [0.2, 0.25) is 10.0 Å². The molecule has 1 atom stereocenters. The predicted octanol–water partition coefficient (Wildman–Crippen LogP) is 4.95. The minimum atomic E-state index is -3.46. The molecule has 1 aliphatic heterocycles. The van der Waals surface area contributed by atoms with Gasteiger partial charge in [-0.3, -0.25) is 4.90 Å². The van der Waals surface area contributed by atoms with Crippen LogP contribution in [0.3, 0.4) is 0 Å².